The van der Waals surface area contributed by atoms with Crippen molar-refractivity contribution in [3.05, 3.63) is 30.3 Å². The van der Waals surface area contributed by atoms with E-state index in [2.05, 4.69) is 9.62 Å². The Kier molecular flexibility index (Phi) is 7.29. The Bertz CT molecular complexity index is 859. The molecule has 2 heterocycles. The largest absolute Gasteiger partial charge is 0.490 e. The number of sulfonamides is 1. The number of carbonyl (C=O) groups is 1. The molecule has 2 aliphatic heterocycles. The van der Waals surface area contributed by atoms with E-state index in [1.165, 1.54) is 25.7 Å². The molecule has 3 fully saturated rings. The van der Waals surface area contributed by atoms with Gasteiger partial charge in [0.1, 0.15) is 0 Å². The van der Waals surface area contributed by atoms with Crippen LogP contribution in [0.5, 0.6) is 0 Å². The molecule has 0 radical (unpaired) electrons. The van der Waals surface area contributed by atoms with Gasteiger partial charge in [-0.3, -0.25) is 4.90 Å². The van der Waals surface area contributed by atoms with Crippen LogP contribution in [0, 0.1) is 11.3 Å². The maximum Gasteiger partial charge on any atom is 0.490 e. The van der Waals surface area contributed by atoms with E-state index in [0.717, 1.165) is 19.7 Å². The van der Waals surface area contributed by atoms with E-state index in [0.29, 0.717) is 30.0 Å². The van der Waals surface area contributed by atoms with E-state index in [1.807, 2.05) is 6.07 Å². The Labute approximate surface area is 179 Å². The molecule has 0 aromatic heterocycles. The summed E-state index contributed by atoms with van der Waals surface area (Å²) in [6.07, 6.45) is 0.157. The number of benzene rings is 1. The van der Waals surface area contributed by atoms with E-state index in [4.69, 9.17) is 14.6 Å². The van der Waals surface area contributed by atoms with Gasteiger partial charge < -0.3 is 9.84 Å². The molecular weight excluding hydrogens is 437 g/mol. The minimum Gasteiger partial charge on any atom is -0.475 e. The van der Waals surface area contributed by atoms with E-state index >= 15 is 0 Å². The molecule has 4 rings (SSSR count). The lowest BCUT2D eigenvalue weighted by Gasteiger charge is -2.29. The van der Waals surface area contributed by atoms with Gasteiger partial charge in [0.25, 0.3) is 0 Å². The first-order valence-electron chi connectivity index (χ1n) is 10.2. The third kappa shape index (κ3) is 5.76. The molecule has 0 bridgehead atoms. The second-order valence-corrected chi connectivity index (χ2v) is 10.1. The first-order valence-corrected chi connectivity index (χ1v) is 11.7. The molecule has 2 saturated heterocycles. The number of halogens is 3. The van der Waals surface area contributed by atoms with Crippen LogP contribution in [-0.2, 0) is 19.6 Å². The zero-order valence-corrected chi connectivity index (χ0v) is 17.8. The van der Waals surface area contributed by atoms with E-state index in [1.54, 1.807) is 24.3 Å². The number of carboxylic acid groups (broad SMARTS) is 1. The van der Waals surface area contributed by atoms with Gasteiger partial charge in [-0.05, 0) is 25.0 Å². The Morgan fingerprint density at radius 2 is 1.84 bits per heavy atom. The highest BCUT2D eigenvalue weighted by atomic mass is 32.2. The molecule has 0 amide bonds. The molecule has 1 saturated carbocycles. The quantitative estimate of drug-likeness (QED) is 0.695. The maximum absolute atomic E-state index is 12.5. The third-order valence-electron chi connectivity index (χ3n) is 6.30. The standard InChI is InChI=1S/C18H26N2O3S.C2HF3O2/c21-24(22,17-8-2-1-3-9-17)19-12-18-13-20(16-6-4-5-7-16)10-15(18)11-23-14-18;3-2(4,5)1(6)7/h1-3,8-9,15-16,19H,4-7,10-14H2;(H,6,7)/t15-,18+;/m1./s1. The molecule has 174 valence electrons. The molecule has 3 aliphatic rings. The van der Waals surface area contributed by atoms with Crippen LogP contribution in [-0.4, -0.2) is 69.5 Å². The molecular formula is C20H27F3N2O5S. The van der Waals surface area contributed by atoms with Gasteiger partial charge in [-0.15, -0.1) is 0 Å². The number of likely N-dealkylation sites (tertiary alicyclic amines) is 1. The fourth-order valence-corrected chi connectivity index (χ4v) is 5.75. The maximum atomic E-state index is 12.5. The van der Waals surface area contributed by atoms with Crippen molar-refractivity contribution in [3.63, 3.8) is 0 Å². The van der Waals surface area contributed by atoms with Gasteiger partial charge in [0.05, 0.1) is 18.1 Å². The van der Waals surface area contributed by atoms with Gasteiger partial charge in [0.15, 0.2) is 0 Å². The van der Waals surface area contributed by atoms with Crippen molar-refractivity contribution in [1.82, 2.24) is 9.62 Å². The van der Waals surface area contributed by atoms with Crippen LogP contribution in [0.25, 0.3) is 0 Å². The topological polar surface area (TPSA) is 95.9 Å². The number of ether oxygens (including phenoxy) is 1. The number of nitrogens with zero attached hydrogens (tertiary/aromatic N) is 1. The van der Waals surface area contributed by atoms with Crippen molar-refractivity contribution >= 4 is 16.0 Å². The lowest BCUT2D eigenvalue weighted by Crippen LogP contribution is -2.43. The molecule has 2 atom stereocenters. The third-order valence-corrected chi connectivity index (χ3v) is 7.72. The molecule has 1 aliphatic carbocycles. The normalized spacial score (nSPS) is 27.0. The lowest BCUT2D eigenvalue weighted by molar-refractivity contribution is -0.192. The lowest BCUT2D eigenvalue weighted by atomic mass is 9.81. The summed E-state index contributed by atoms with van der Waals surface area (Å²) < 4.78 is 65.4. The SMILES string of the molecule is O=C(O)C(F)(F)F.O=S(=O)(NC[C@]12COC[C@H]1CN(C1CCCC1)C2)c1ccccc1. The summed E-state index contributed by atoms with van der Waals surface area (Å²) in [5.74, 6) is -2.32. The summed E-state index contributed by atoms with van der Waals surface area (Å²) >= 11 is 0. The number of hydrogen-bond acceptors (Lipinski definition) is 5. The van der Waals surface area contributed by atoms with Crippen LogP contribution in [0.2, 0.25) is 0 Å². The fourth-order valence-electron chi connectivity index (χ4n) is 4.59. The molecule has 0 spiro atoms. The van der Waals surface area contributed by atoms with E-state index in [-0.39, 0.29) is 5.41 Å². The number of nitrogens with one attached hydrogen (secondary N) is 1. The average molecular weight is 465 g/mol. The summed E-state index contributed by atoms with van der Waals surface area (Å²) in [7, 11) is -3.45. The number of alkyl halides is 3. The average Bonchev–Trinajstić information content (AvgIpc) is 3.43. The van der Waals surface area contributed by atoms with Gasteiger partial charge in [0, 0.05) is 37.0 Å². The van der Waals surface area contributed by atoms with E-state index in [9.17, 15) is 21.6 Å². The van der Waals surface area contributed by atoms with Crippen LogP contribution in [0.1, 0.15) is 25.7 Å². The molecule has 2 N–H and O–H groups in total. The van der Waals surface area contributed by atoms with Crippen LogP contribution >= 0.6 is 0 Å². The predicted molar refractivity (Wildman–Crippen MR) is 106 cm³/mol. The minimum atomic E-state index is -5.08. The smallest absolute Gasteiger partial charge is 0.475 e. The summed E-state index contributed by atoms with van der Waals surface area (Å²) in [5.41, 5.74) is -0.0650. The number of fused-ring (bicyclic) bond motifs is 1. The molecule has 1 aromatic carbocycles. The minimum absolute atomic E-state index is 0.0650. The first kappa shape index (κ1) is 24.0. The summed E-state index contributed by atoms with van der Waals surface area (Å²) in [4.78, 5) is 11.8. The van der Waals surface area contributed by atoms with Crippen LogP contribution in [0.4, 0.5) is 13.2 Å². The van der Waals surface area contributed by atoms with Crippen molar-refractivity contribution in [3.8, 4) is 0 Å². The van der Waals surface area contributed by atoms with Crippen LogP contribution < -0.4 is 4.72 Å². The number of rotatable bonds is 5. The Hall–Kier alpha value is -1.69. The van der Waals surface area contributed by atoms with Crippen molar-refractivity contribution in [2.45, 2.75) is 42.8 Å². The van der Waals surface area contributed by atoms with Gasteiger partial charge in [-0.25, -0.2) is 17.9 Å². The molecule has 1 aromatic rings. The van der Waals surface area contributed by atoms with Crippen molar-refractivity contribution < 1.29 is 36.2 Å². The second-order valence-electron chi connectivity index (χ2n) is 8.38. The number of carboxylic acids is 1. The molecule has 0 unspecified atom stereocenters. The van der Waals surface area contributed by atoms with Gasteiger partial charge >= 0.3 is 12.1 Å². The molecule has 7 nitrogen and oxygen atoms in total. The zero-order valence-electron chi connectivity index (χ0n) is 17.0. The molecule has 11 heteroatoms. The van der Waals surface area contributed by atoms with Gasteiger partial charge in [-0.1, -0.05) is 31.0 Å². The monoisotopic (exact) mass is 464 g/mol. The highest BCUT2D eigenvalue weighted by Gasteiger charge is 2.52. The predicted octanol–water partition coefficient (Wildman–Crippen LogP) is 2.49. The molecule has 31 heavy (non-hydrogen) atoms. The second kappa shape index (κ2) is 9.43. The zero-order chi connectivity index (χ0) is 22.7. The summed E-state index contributed by atoms with van der Waals surface area (Å²) in [6.45, 7) is 3.91. The summed E-state index contributed by atoms with van der Waals surface area (Å²) in [5, 5.41) is 7.12. The Morgan fingerprint density at radius 3 is 2.42 bits per heavy atom. The van der Waals surface area contributed by atoms with E-state index < -0.39 is 22.2 Å². The van der Waals surface area contributed by atoms with Crippen LogP contribution in [0.3, 0.4) is 0 Å². The Balaban J connectivity index is 0.000000339. The number of aliphatic carboxylic acids is 1. The fraction of sp³-hybridized carbons (Fsp3) is 0.650. The highest BCUT2D eigenvalue weighted by Crippen LogP contribution is 2.43. The number of hydrogen-bond donors (Lipinski definition) is 2. The Morgan fingerprint density at radius 1 is 1.23 bits per heavy atom. The van der Waals surface area contributed by atoms with Gasteiger partial charge in [0.2, 0.25) is 10.0 Å². The van der Waals surface area contributed by atoms with Crippen molar-refractivity contribution in [2.75, 3.05) is 32.8 Å². The first-order chi connectivity index (χ1) is 14.5. The van der Waals surface area contributed by atoms with Crippen LogP contribution in [0.15, 0.2) is 35.2 Å². The van der Waals surface area contributed by atoms with Crippen molar-refractivity contribution in [1.29, 1.82) is 0 Å². The highest BCUT2D eigenvalue weighted by molar-refractivity contribution is 7.89. The van der Waals surface area contributed by atoms with Gasteiger partial charge in [-0.2, -0.15) is 13.2 Å². The van der Waals surface area contributed by atoms with Crippen molar-refractivity contribution in [2.24, 2.45) is 11.3 Å². The summed E-state index contributed by atoms with van der Waals surface area (Å²) in [6, 6.07) is 9.31.